The molecular weight excluding hydrogens is 248 g/mol. The van der Waals surface area contributed by atoms with Gasteiger partial charge in [-0.3, -0.25) is 4.79 Å². The van der Waals surface area contributed by atoms with Crippen LogP contribution in [0, 0.1) is 6.92 Å². The lowest BCUT2D eigenvalue weighted by Gasteiger charge is -2.11. The van der Waals surface area contributed by atoms with Crippen LogP contribution in [-0.4, -0.2) is 25.0 Å². The van der Waals surface area contributed by atoms with E-state index in [1.165, 1.54) is 12.8 Å². The van der Waals surface area contributed by atoms with Crippen molar-refractivity contribution in [1.82, 2.24) is 10.6 Å². The van der Waals surface area contributed by atoms with E-state index in [4.69, 9.17) is 11.6 Å². The van der Waals surface area contributed by atoms with E-state index in [1.54, 1.807) is 6.07 Å². The fourth-order valence-corrected chi connectivity index (χ4v) is 2.38. The molecule has 0 bridgehead atoms. The molecule has 3 nitrogen and oxygen atoms in total. The number of amides is 1. The van der Waals surface area contributed by atoms with E-state index < -0.39 is 0 Å². The van der Waals surface area contributed by atoms with Gasteiger partial charge in [0.1, 0.15) is 0 Å². The highest BCUT2D eigenvalue weighted by molar-refractivity contribution is 6.31. The molecule has 2 N–H and O–H groups in total. The zero-order valence-electron chi connectivity index (χ0n) is 10.6. The topological polar surface area (TPSA) is 41.1 Å². The van der Waals surface area contributed by atoms with Crippen LogP contribution in [0.2, 0.25) is 5.02 Å². The molecule has 0 radical (unpaired) electrons. The van der Waals surface area contributed by atoms with Gasteiger partial charge in [-0.1, -0.05) is 17.7 Å². The first-order valence-corrected chi connectivity index (χ1v) is 6.82. The number of hydrogen-bond donors (Lipinski definition) is 2. The Balaban J connectivity index is 1.81. The van der Waals surface area contributed by atoms with Crippen LogP contribution in [0.4, 0.5) is 0 Å². The second kappa shape index (κ2) is 6.21. The van der Waals surface area contributed by atoms with E-state index in [0.717, 1.165) is 18.5 Å². The Hall–Kier alpha value is -1.06. The van der Waals surface area contributed by atoms with Crippen molar-refractivity contribution in [3.05, 3.63) is 34.3 Å². The summed E-state index contributed by atoms with van der Waals surface area (Å²) in [5.74, 6) is -0.0464. The van der Waals surface area contributed by atoms with Crippen molar-refractivity contribution in [2.75, 3.05) is 13.1 Å². The minimum atomic E-state index is -0.0464. The van der Waals surface area contributed by atoms with E-state index in [-0.39, 0.29) is 5.91 Å². The normalized spacial score (nSPS) is 18.9. The fraction of sp³-hybridized carbons (Fsp3) is 0.500. The van der Waals surface area contributed by atoms with Gasteiger partial charge in [-0.2, -0.15) is 0 Å². The lowest BCUT2D eigenvalue weighted by atomic mass is 10.1. The lowest BCUT2D eigenvalue weighted by molar-refractivity contribution is 0.0952. The van der Waals surface area contributed by atoms with Gasteiger partial charge in [0.05, 0.1) is 0 Å². The zero-order chi connectivity index (χ0) is 13.0. The Kier molecular flexibility index (Phi) is 4.61. The monoisotopic (exact) mass is 266 g/mol. The highest BCUT2D eigenvalue weighted by Crippen LogP contribution is 2.16. The van der Waals surface area contributed by atoms with E-state index in [2.05, 4.69) is 10.6 Å². The number of nitrogens with one attached hydrogen (secondary N) is 2. The molecule has 1 aliphatic rings. The Labute approximate surface area is 113 Å². The number of benzene rings is 1. The predicted octanol–water partition coefficient (Wildman–Crippen LogP) is 2.52. The molecule has 0 aliphatic carbocycles. The summed E-state index contributed by atoms with van der Waals surface area (Å²) >= 11 is 6.01. The number of carbonyl (C=O) groups is 1. The third-order valence-corrected chi connectivity index (χ3v) is 3.78. The number of hydrogen-bond acceptors (Lipinski definition) is 2. The Morgan fingerprint density at radius 1 is 1.56 bits per heavy atom. The van der Waals surface area contributed by atoms with Crippen LogP contribution in [-0.2, 0) is 0 Å². The van der Waals surface area contributed by atoms with Crippen LogP contribution in [0.3, 0.4) is 0 Å². The second-order valence-corrected chi connectivity index (χ2v) is 5.21. The summed E-state index contributed by atoms with van der Waals surface area (Å²) in [5.41, 5.74) is 1.62. The van der Waals surface area contributed by atoms with Crippen LogP contribution in [0.5, 0.6) is 0 Å². The molecular formula is C14H19ClN2O. The first kappa shape index (κ1) is 13.4. The molecule has 0 spiro atoms. The molecule has 1 atom stereocenters. The quantitative estimate of drug-likeness (QED) is 0.879. The molecule has 1 fully saturated rings. The number of carbonyl (C=O) groups excluding carboxylic acids is 1. The van der Waals surface area contributed by atoms with Crippen molar-refractivity contribution >= 4 is 17.5 Å². The zero-order valence-corrected chi connectivity index (χ0v) is 11.4. The summed E-state index contributed by atoms with van der Waals surface area (Å²) in [4.78, 5) is 11.9. The minimum Gasteiger partial charge on any atom is -0.352 e. The van der Waals surface area contributed by atoms with Crippen LogP contribution in [0.1, 0.15) is 35.2 Å². The summed E-state index contributed by atoms with van der Waals surface area (Å²) in [6, 6.07) is 5.96. The van der Waals surface area contributed by atoms with Gasteiger partial charge >= 0.3 is 0 Å². The molecule has 1 unspecified atom stereocenters. The second-order valence-electron chi connectivity index (χ2n) is 4.80. The third kappa shape index (κ3) is 3.47. The van der Waals surface area contributed by atoms with E-state index in [1.807, 2.05) is 19.1 Å². The minimum absolute atomic E-state index is 0.0464. The lowest BCUT2D eigenvalue weighted by Crippen LogP contribution is -2.30. The highest BCUT2D eigenvalue weighted by atomic mass is 35.5. The number of halogens is 1. The Bertz CT molecular complexity index is 428. The molecule has 1 aromatic rings. The van der Waals surface area contributed by atoms with Crippen LogP contribution in [0.15, 0.2) is 18.2 Å². The van der Waals surface area contributed by atoms with Crippen LogP contribution >= 0.6 is 11.6 Å². The summed E-state index contributed by atoms with van der Waals surface area (Å²) in [6.45, 7) is 3.74. The third-order valence-electron chi connectivity index (χ3n) is 3.37. The average Bonchev–Trinajstić information content (AvgIpc) is 2.85. The van der Waals surface area contributed by atoms with Crippen molar-refractivity contribution in [2.24, 2.45) is 0 Å². The predicted molar refractivity (Wildman–Crippen MR) is 74.2 cm³/mol. The average molecular weight is 267 g/mol. The van der Waals surface area contributed by atoms with Gasteiger partial charge in [-0.25, -0.2) is 0 Å². The SMILES string of the molecule is Cc1ccc(C(=O)NCCC2CCCN2)cc1Cl. The maximum Gasteiger partial charge on any atom is 0.251 e. The molecule has 1 amide bonds. The van der Waals surface area contributed by atoms with Gasteiger partial charge < -0.3 is 10.6 Å². The summed E-state index contributed by atoms with van der Waals surface area (Å²) in [7, 11) is 0. The number of rotatable bonds is 4. The maximum absolute atomic E-state index is 11.9. The molecule has 1 aliphatic heterocycles. The molecule has 0 saturated carbocycles. The molecule has 1 aromatic carbocycles. The van der Waals surface area contributed by atoms with E-state index >= 15 is 0 Å². The largest absolute Gasteiger partial charge is 0.352 e. The summed E-state index contributed by atoms with van der Waals surface area (Å²) < 4.78 is 0. The van der Waals surface area contributed by atoms with Crippen LogP contribution in [0.25, 0.3) is 0 Å². The molecule has 1 saturated heterocycles. The molecule has 18 heavy (non-hydrogen) atoms. The molecule has 2 rings (SSSR count). The highest BCUT2D eigenvalue weighted by Gasteiger charge is 2.14. The first-order chi connectivity index (χ1) is 8.66. The Morgan fingerprint density at radius 2 is 2.39 bits per heavy atom. The van der Waals surface area contributed by atoms with Crippen molar-refractivity contribution < 1.29 is 4.79 Å². The summed E-state index contributed by atoms with van der Waals surface area (Å²) in [6.07, 6.45) is 3.45. The van der Waals surface area contributed by atoms with Gasteiger partial charge in [-0.15, -0.1) is 0 Å². The van der Waals surface area contributed by atoms with Gasteiger partial charge in [-0.05, 0) is 50.4 Å². The van der Waals surface area contributed by atoms with Crippen molar-refractivity contribution in [1.29, 1.82) is 0 Å². The maximum atomic E-state index is 11.9. The first-order valence-electron chi connectivity index (χ1n) is 6.44. The standard InChI is InChI=1S/C14H19ClN2O/c1-10-4-5-11(9-13(10)15)14(18)17-8-6-12-3-2-7-16-12/h4-5,9,12,16H,2-3,6-8H2,1H3,(H,17,18). The van der Waals surface area contributed by atoms with Gasteiger partial charge in [0, 0.05) is 23.2 Å². The Morgan fingerprint density at radius 3 is 3.06 bits per heavy atom. The van der Waals surface area contributed by atoms with E-state index in [9.17, 15) is 4.79 Å². The van der Waals surface area contributed by atoms with E-state index in [0.29, 0.717) is 23.2 Å². The molecule has 0 aromatic heterocycles. The number of aryl methyl sites for hydroxylation is 1. The van der Waals surface area contributed by atoms with Gasteiger partial charge in [0.2, 0.25) is 0 Å². The van der Waals surface area contributed by atoms with Gasteiger partial charge in [0.15, 0.2) is 0 Å². The molecule has 1 heterocycles. The van der Waals surface area contributed by atoms with Crippen molar-refractivity contribution in [2.45, 2.75) is 32.2 Å². The molecule has 4 heteroatoms. The smallest absolute Gasteiger partial charge is 0.251 e. The van der Waals surface area contributed by atoms with Crippen molar-refractivity contribution in [3.8, 4) is 0 Å². The summed E-state index contributed by atoms with van der Waals surface area (Å²) in [5, 5.41) is 6.99. The van der Waals surface area contributed by atoms with Crippen LogP contribution < -0.4 is 10.6 Å². The van der Waals surface area contributed by atoms with Crippen molar-refractivity contribution in [3.63, 3.8) is 0 Å². The molecule has 98 valence electrons. The van der Waals surface area contributed by atoms with Gasteiger partial charge in [0.25, 0.3) is 5.91 Å². The fourth-order valence-electron chi connectivity index (χ4n) is 2.20.